The average molecular weight is 451 g/mol. The SMILES string of the molecule is COc1cc(OC)c(C2=CCN(CC(=O)Nc3c(Cl)cccc3Cl)CC2)c(OC)c1. The highest BCUT2D eigenvalue weighted by Gasteiger charge is 2.22. The van der Waals surface area contributed by atoms with E-state index in [0.717, 1.165) is 17.6 Å². The number of halogens is 2. The Hall–Kier alpha value is -2.41. The minimum atomic E-state index is -0.165. The molecule has 0 aromatic heterocycles. The van der Waals surface area contributed by atoms with Crippen molar-refractivity contribution in [1.29, 1.82) is 0 Å². The highest BCUT2D eigenvalue weighted by Crippen LogP contribution is 2.40. The molecule has 30 heavy (non-hydrogen) atoms. The predicted molar refractivity (Wildman–Crippen MR) is 120 cm³/mol. The number of carbonyl (C=O) groups excluding carboxylic acids is 1. The normalized spacial score (nSPS) is 14.1. The van der Waals surface area contributed by atoms with Gasteiger partial charge < -0.3 is 19.5 Å². The summed E-state index contributed by atoms with van der Waals surface area (Å²) in [5.74, 6) is 1.89. The Balaban J connectivity index is 1.70. The van der Waals surface area contributed by atoms with Crippen molar-refractivity contribution < 1.29 is 19.0 Å². The third-order valence-electron chi connectivity index (χ3n) is 4.92. The fourth-order valence-electron chi connectivity index (χ4n) is 3.40. The van der Waals surface area contributed by atoms with Crippen LogP contribution in [0.4, 0.5) is 5.69 Å². The van der Waals surface area contributed by atoms with E-state index in [4.69, 9.17) is 37.4 Å². The molecular weight excluding hydrogens is 427 g/mol. The van der Waals surface area contributed by atoms with Gasteiger partial charge >= 0.3 is 0 Å². The van der Waals surface area contributed by atoms with Crippen molar-refractivity contribution in [2.24, 2.45) is 0 Å². The van der Waals surface area contributed by atoms with Crippen molar-refractivity contribution in [2.45, 2.75) is 6.42 Å². The standard InChI is InChI=1S/C22H24Cl2N2O4/c1-28-15-11-18(29-2)21(19(12-15)30-3)14-7-9-26(10-8-14)13-20(27)25-22-16(23)5-4-6-17(22)24/h4-7,11-12H,8-10,13H2,1-3H3,(H,25,27). The van der Waals surface area contributed by atoms with Gasteiger partial charge in [-0.1, -0.05) is 35.3 Å². The molecule has 8 heteroatoms. The number of hydrogen-bond acceptors (Lipinski definition) is 5. The summed E-state index contributed by atoms with van der Waals surface area (Å²) in [5.41, 5.74) is 2.46. The Morgan fingerprint density at radius 2 is 1.70 bits per heavy atom. The molecule has 3 rings (SSSR count). The van der Waals surface area contributed by atoms with E-state index in [0.29, 0.717) is 46.1 Å². The first kappa shape index (κ1) is 22.3. The Kier molecular flexibility index (Phi) is 7.48. The summed E-state index contributed by atoms with van der Waals surface area (Å²) in [7, 11) is 4.85. The molecule has 2 aromatic rings. The highest BCUT2D eigenvalue weighted by atomic mass is 35.5. The second-order valence-electron chi connectivity index (χ2n) is 6.77. The number of para-hydroxylation sites is 1. The van der Waals surface area contributed by atoms with Crippen LogP contribution in [-0.2, 0) is 4.79 Å². The molecule has 0 radical (unpaired) electrons. The molecule has 0 aliphatic carbocycles. The van der Waals surface area contributed by atoms with Crippen LogP contribution in [0.5, 0.6) is 17.2 Å². The van der Waals surface area contributed by atoms with E-state index in [1.165, 1.54) is 0 Å². The lowest BCUT2D eigenvalue weighted by molar-refractivity contribution is -0.117. The van der Waals surface area contributed by atoms with Gasteiger partial charge in [-0.3, -0.25) is 9.69 Å². The summed E-state index contributed by atoms with van der Waals surface area (Å²) < 4.78 is 16.4. The predicted octanol–water partition coefficient (Wildman–Crippen LogP) is 4.75. The van der Waals surface area contributed by atoms with Crippen molar-refractivity contribution >= 4 is 40.4 Å². The summed E-state index contributed by atoms with van der Waals surface area (Å²) in [4.78, 5) is 14.5. The van der Waals surface area contributed by atoms with Crippen LogP contribution in [0.1, 0.15) is 12.0 Å². The molecule has 0 unspecified atom stereocenters. The smallest absolute Gasteiger partial charge is 0.238 e. The first-order valence-corrected chi connectivity index (χ1v) is 10.2. The quantitative estimate of drug-likeness (QED) is 0.659. The molecule has 0 bridgehead atoms. The molecule has 1 aliphatic rings. The van der Waals surface area contributed by atoms with Gasteiger partial charge in [0.2, 0.25) is 5.91 Å². The number of benzene rings is 2. The monoisotopic (exact) mass is 450 g/mol. The van der Waals surface area contributed by atoms with Gasteiger partial charge in [0.1, 0.15) is 17.2 Å². The van der Waals surface area contributed by atoms with Gasteiger partial charge in [-0.25, -0.2) is 0 Å². The first-order chi connectivity index (χ1) is 14.5. The van der Waals surface area contributed by atoms with Crippen LogP contribution in [0.25, 0.3) is 5.57 Å². The first-order valence-electron chi connectivity index (χ1n) is 9.42. The third kappa shape index (κ3) is 5.01. The second-order valence-corrected chi connectivity index (χ2v) is 7.58. The Morgan fingerprint density at radius 3 is 2.20 bits per heavy atom. The van der Waals surface area contributed by atoms with E-state index in [1.807, 2.05) is 17.0 Å². The molecule has 6 nitrogen and oxygen atoms in total. The van der Waals surface area contributed by atoms with E-state index >= 15 is 0 Å². The molecule has 2 aromatic carbocycles. The number of carbonyl (C=O) groups is 1. The molecule has 0 saturated heterocycles. The van der Waals surface area contributed by atoms with Gasteiger partial charge in [0, 0.05) is 25.2 Å². The van der Waals surface area contributed by atoms with Gasteiger partial charge in [-0.2, -0.15) is 0 Å². The fraction of sp³-hybridized carbons (Fsp3) is 0.318. The van der Waals surface area contributed by atoms with Crippen LogP contribution in [0.2, 0.25) is 10.0 Å². The molecule has 0 spiro atoms. The summed E-state index contributed by atoms with van der Waals surface area (Å²) in [6.45, 7) is 1.58. The van der Waals surface area contributed by atoms with Gasteiger partial charge in [0.25, 0.3) is 0 Å². The summed E-state index contributed by atoms with van der Waals surface area (Å²) in [5, 5.41) is 3.62. The van der Waals surface area contributed by atoms with Crippen LogP contribution in [-0.4, -0.2) is 51.8 Å². The topological polar surface area (TPSA) is 60.0 Å². The third-order valence-corrected chi connectivity index (χ3v) is 5.55. The van der Waals surface area contributed by atoms with Crippen molar-refractivity contribution in [3.05, 3.63) is 52.0 Å². The number of ether oxygens (including phenoxy) is 3. The van der Waals surface area contributed by atoms with Gasteiger partial charge in [-0.05, 0) is 24.1 Å². The maximum Gasteiger partial charge on any atom is 0.238 e. The molecule has 1 heterocycles. The van der Waals surface area contributed by atoms with Crippen LogP contribution in [0, 0.1) is 0 Å². The maximum atomic E-state index is 12.5. The average Bonchev–Trinajstić information content (AvgIpc) is 2.76. The van der Waals surface area contributed by atoms with Gasteiger partial charge in [0.15, 0.2) is 0 Å². The van der Waals surface area contributed by atoms with Crippen molar-refractivity contribution in [3.63, 3.8) is 0 Å². The number of anilines is 1. The minimum absolute atomic E-state index is 0.165. The molecule has 160 valence electrons. The fourth-order valence-corrected chi connectivity index (χ4v) is 3.90. The zero-order chi connectivity index (χ0) is 21.7. The number of amides is 1. The van der Waals surface area contributed by atoms with Crippen molar-refractivity contribution in [1.82, 2.24) is 4.90 Å². The second kappa shape index (κ2) is 10.1. The lowest BCUT2D eigenvalue weighted by Crippen LogP contribution is -2.36. The largest absolute Gasteiger partial charge is 0.496 e. The zero-order valence-electron chi connectivity index (χ0n) is 17.1. The Labute approximate surface area is 186 Å². The molecule has 0 atom stereocenters. The maximum absolute atomic E-state index is 12.5. The number of hydrogen-bond donors (Lipinski definition) is 1. The number of methoxy groups -OCH3 is 3. The molecular formula is C22H24Cl2N2O4. The minimum Gasteiger partial charge on any atom is -0.496 e. The summed E-state index contributed by atoms with van der Waals surface area (Å²) in [6.07, 6.45) is 2.84. The van der Waals surface area contributed by atoms with Gasteiger partial charge in [-0.15, -0.1) is 0 Å². The molecule has 1 aliphatic heterocycles. The summed E-state index contributed by atoms with van der Waals surface area (Å²) >= 11 is 12.3. The molecule has 0 saturated carbocycles. The zero-order valence-corrected chi connectivity index (χ0v) is 18.6. The molecule has 1 amide bonds. The van der Waals surface area contributed by atoms with Crippen LogP contribution in [0.3, 0.4) is 0 Å². The number of rotatable bonds is 7. The summed E-state index contributed by atoms with van der Waals surface area (Å²) in [6, 6.07) is 8.79. The van der Waals surface area contributed by atoms with E-state index in [2.05, 4.69) is 11.4 Å². The lowest BCUT2D eigenvalue weighted by Gasteiger charge is -2.27. The van der Waals surface area contributed by atoms with Crippen LogP contribution in [0.15, 0.2) is 36.4 Å². The van der Waals surface area contributed by atoms with Crippen LogP contribution < -0.4 is 19.5 Å². The van der Waals surface area contributed by atoms with Crippen LogP contribution >= 0.6 is 23.2 Å². The van der Waals surface area contributed by atoms with Crippen molar-refractivity contribution in [2.75, 3.05) is 46.3 Å². The Morgan fingerprint density at radius 1 is 1.07 bits per heavy atom. The number of nitrogens with zero attached hydrogens (tertiary/aromatic N) is 1. The van der Waals surface area contributed by atoms with E-state index < -0.39 is 0 Å². The van der Waals surface area contributed by atoms with E-state index in [-0.39, 0.29) is 12.5 Å². The number of nitrogens with one attached hydrogen (secondary N) is 1. The lowest BCUT2D eigenvalue weighted by atomic mass is 9.97. The van der Waals surface area contributed by atoms with Gasteiger partial charge in [0.05, 0.1) is 49.2 Å². The van der Waals surface area contributed by atoms with E-state index in [1.54, 1.807) is 39.5 Å². The van der Waals surface area contributed by atoms with Crippen molar-refractivity contribution in [3.8, 4) is 17.2 Å². The van der Waals surface area contributed by atoms with E-state index in [9.17, 15) is 4.79 Å². The molecule has 0 fully saturated rings. The highest BCUT2D eigenvalue weighted by molar-refractivity contribution is 6.39. The molecule has 1 N–H and O–H groups in total. The Bertz CT molecular complexity index is 917.